The van der Waals surface area contributed by atoms with Crippen molar-refractivity contribution in [1.29, 1.82) is 0 Å². The van der Waals surface area contributed by atoms with Crippen LogP contribution in [0.5, 0.6) is 0 Å². The van der Waals surface area contributed by atoms with Gasteiger partial charge in [0.1, 0.15) is 5.69 Å². The van der Waals surface area contributed by atoms with Crippen molar-refractivity contribution in [2.24, 2.45) is 0 Å². The Hall–Kier alpha value is -2.97. The fourth-order valence-electron chi connectivity index (χ4n) is 3.60. The van der Waals surface area contributed by atoms with Crippen LogP contribution in [0.25, 0.3) is 5.65 Å². The van der Waals surface area contributed by atoms with E-state index in [1.165, 1.54) is 6.07 Å². The number of rotatable bonds is 2. The lowest BCUT2D eigenvalue weighted by molar-refractivity contribution is -0.142. The molecule has 0 N–H and O–H groups in total. The summed E-state index contributed by atoms with van der Waals surface area (Å²) in [5.41, 5.74) is 0.639. The van der Waals surface area contributed by atoms with E-state index < -0.39 is 11.9 Å². The molecule has 9 heteroatoms. The van der Waals surface area contributed by atoms with Gasteiger partial charge in [-0.2, -0.15) is 18.3 Å². The second-order valence-electron chi connectivity index (χ2n) is 6.95. The molecular weight excluding hydrogens is 371 g/mol. The predicted octanol–water partition coefficient (Wildman–Crippen LogP) is 3.47. The van der Waals surface area contributed by atoms with Crippen LogP contribution < -0.4 is 0 Å². The molecule has 0 radical (unpaired) electrons. The van der Waals surface area contributed by atoms with E-state index in [9.17, 15) is 18.0 Å². The predicted molar refractivity (Wildman–Crippen MR) is 94.8 cm³/mol. The average molecular weight is 389 g/mol. The Balaban J connectivity index is 1.67. The molecule has 1 amide bonds. The van der Waals surface area contributed by atoms with Gasteiger partial charge in [0.15, 0.2) is 5.65 Å². The number of amides is 1. The fourth-order valence-corrected chi connectivity index (χ4v) is 3.60. The zero-order chi connectivity index (χ0) is 19.9. The molecule has 0 saturated carbocycles. The first-order chi connectivity index (χ1) is 13.3. The third-order valence-electron chi connectivity index (χ3n) is 4.91. The van der Waals surface area contributed by atoms with Crippen molar-refractivity contribution in [1.82, 2.24) is 24.5 Å². The van der Waals surface area contributed by atoms with Gasteiger partial charge in [0, 0.05) is 48.7 Å². The normalized spacial score (nSPS) is 17.9. The maximum Gasteiger partial charge on any atom is 0.433 e. The standard InChI is InChI=1S/C19H18F3N5O/c1-12-9-17-24-15(10-16(19(20,21)22)27(17)25-12)14-3-2-8-26(11-14)18(28)13-4-6-23-7-5-13/h4-7,9-10,14H,2-3,8,11H2,1H3. The Morgan fingerprint density at radius 1 is 1.21 bits per heavy atom. The summed E-state index contributed by atoms with van der Waals surface area (Å²) in [4.78, 5) is 22.7. The van der Waals surface area contributed by atoms with Crippen molar-refractivity contribution in [3.05, 3.63) is 59.3 Å². The van der Waals surface area contributed by atoms with Crippen LogP contribution in [-0.2, 0) is 6.18 Å². The summed E-state index contributed by atoms with van der Waals surface area (Å²) in [5, 5.41) is 3.91. The Bertz CT molecular complexity index is 1020. The molecule has 1 aliphatic rings. The van der Waals surface area contributed by atoms with Crippen LogP contribution in [0.1, 0.15) is 46.2 Å². The largest absolute Gasteiger partial charge is 0.433 e. The SMILES string of the molecule is Cc1cc2nc(C3CCCN(C(=O)c4ccncc4)C3)cc(C(F)(F)F)n2n1. The minimum absolute atomic E-state index is 0.149. The van der Waals surface area contributed by atoms with Gasteiger partial charge in [0.25, 0.3) is 5.91 Å². The summed E-state index contributed by atoms with van der Waals surface area (Å²) < 4.78 is 41.5. The van der Waals surface area contributed by atoms with Crippen molar-refractivity contribution < 1.29 is 18.0 Å². The highest BCUT2D eigenvalue weighted by molar-refractivity contribution is 5.94. The average Bonchev–Trinajstić information content (AvgIpc) is 3.06. The number of pyridine rings is 1. The molecule has 3 aromatic rings. The minimum Gasteiger partial charge on any atom is -0.338 e. The first-order valence-electron chi connectivity index (χ1n) is 8.97. The summed E-state index contributed by atoms with van der Waals surface area (Å²) in [7, 11) is 0. The highest BCUT2D eigenvalue weighted by Crippen LogP contribution is 2.33. The molecule has 0 aromatic carbocycles. The molecule has 146 valence electrons. The Morgan fingerprint density at radius 3 is 2.68 bits per heavy atom. The van der Waals surface area contributed by atoms with Crippen molar-refractivity contribution in [2.75, 3.05) is 13.1 Å². The van der Waals surface area contributed by atoms with E-state index in [0.717, 1.165) is 10.6 Å². The molecule has 0 aliphatic carbocycles. The minimum atomic E-state index is -4.55. The number of aromatic nitrogens is 4. The molecule has 4 rings (SSSR count). The third-order valence-corrected chi connectivity index (χ3v) is 4.91. The van der Waals surface area contributed by atoms with Crippen molar-refractivity contribution in [3.63, 3.8) is 0 Å². The second-order valence-corrected chi connectivity index (χ2v) is 6.95. The van der Waals surface area contributed by atoms with Gasteiger partial charge in [-0.1, -0.05) is 0 Å². The lowest BCUT2D eigenvalue weighted by Crippen LogP contribution is -2.39. The highest BCUT2D eigenvalue weighted by atomic mass is 19.4. The van der Waals surface area contributed by atoms with Gasteiger partial charge in [-0.05, 0) is 38.0 Å². The van der Waals surface area contributed by atoms with Crippen molar-refractivity contribution >= 4 is 11.6 Å². The molecule has 1 fully saturated rings. The summed E-state index contributed by atoms with van der Waals surface area (Å²) in [6.45, 7) is 2.52. The molecule has 1 aliphatic heterocycles. The topological polar surface area (TPSA) is 63.4 Å². The van der Waals surface area contributed by atoms with Crippen molar-refractivity contribution in [3.8, 4) is 0 Å². The first kappa shape index (κ1) is 18.4. The van der Waals surface area contributed by atoms with Gasteiger partial charge in [0.05, 0.1) is 5.69 Å². The molecule has 1 saturated heterocycles. The Kier molecular flexibility index (Phi) is 4.52. The van der Waals surface area contributed by atoms with Crippen LogP contribution in [0, 0.1) is 6.92 Å². The monoisotopic (exact) mass is 389 g/mol. The number of aryl methyl sites for hydroxylation is 1. The lowest BCUT2D eigenvalue weighted by Gasteiger charge is -2.32. The number of hydrogen-bond donors (Lipinski definition) is 0. The molecule has 28 heavy (non-hydrogen) atoms. The first-order valence-corrected chi connectivity index (χ1v) is 8.97. The third kappa shape index (κ3) is 3.44. The fraction of sp³-hybridized carbons (Fsp3) is 0.368. The van der Waals surface area contributed by atoms with Crippen LogP contribution in [-0.4, -0.2) is 43.5 Å². The number of nitrogens with zero attached hydrogens (tertiary/aromatic N) is 5. The number of fused-ring (bicyclic) bond motifs is 1. The van der Waals surface area contributed by atoms with Gasteiger partial charge in [0.2, 0.25) is 0 Å². The van der Waals surface area contributed by atoms with E-state index in [-0.39, 0.29) is 17.5 Å². The Morgan fingerprint density at radius 2 is 1.96 bits per heavy atom. The van der Waals surface area contributed by atoms with Crippen LogP contribution in [0.4, 0.5) is 13.2 Å². The molecule has 1 unspecified atom stereocenters. The molecule has 3 aromatic heterocycles. The number of alkyl halides is 3. The number of likely N-dealkylation sites (tertiary alicyclic amines) is 1. The van der Waals surface area contributed by atoms with E-state index >= 15 is 0 Å². The van der Waals surface area contributed by atoms with Gasteiger partial charge in [-0.3, -0.25) is 9.78 Å². The van der Waals surface area contributed by atoms with Crippen LogP contribution in [0.15, 0.2) is 36.7 Å². The van der Waals surface area contributed by atoms with Crippen LogP contribution >= 0.6 is 0 Å². The molecule has 4 heterocycles. The van der Waals surface area contributed by atoms with E-state index in [1.54, 1.807) is 36.4 Å². The molecule has 0 bridgehead atoms. The van der Waals surface area contributed by atoms with Gasteiger partial charge < -0.3 is 4.90 Å². The lowest BCUT2D eigenvalue weighted by atomic mass is 9.93. The van der Waals surface area contributed by atoms with E-state index in [4.69, 9.17) is 0 Å². The van der Waals surface area contributed by atoms with Crippen LogP contribution in [0.3, 0.4) is 0 Å². The van der Waals surface area contributed by atoms with Gasteiger partial charge in [-0.15, -0.1) is 0 Å². The maximum absolute atomic E-state index is 13.5. The quantitative estimate of drug-likeness (QED) is 0.673. The summed E-state index contributed by atoms with van der Waals surface area (Å²) >= 11 is 0. The zero-order valence-electron chi connectivity index (χ0n) is 15.1. The molecule has 1 atom stereocenters. The maximum atomic E-state index is 13.5. The van der Waals surface area contributed by atoms with Gasteiger partial charge >= 0.3 is 6.18 Å². The van der Waals surface area contributed by atoms with Crippen molar-refractivity contribution in [2.45, 2.75) is 31.9 Å². The molecular formula is C19H18F3N5O. The van der Waals surface area contributed by atoms with E-state index in [2.05, 4.69) is 15.1 Å². The summed E-state index contributed by atoms with van der Waals surface area (Å²) in [6, 6.07) is 5.85. The van der Waals surface area contributed by atoms with Gasteiger partial charge in [-0.25, -0.2) is 9.50 Å². The zero-order valence-corrected chi connectivity index (χ0v) is 15.1. The number of hydrogen-bond acceptors (Lipinski definition) is 4. The van der Waals surface area contributed by atoms with Crippen LogP contribution in [0.2, 0.25) is 0 Å². The summed E-state index contributed by atoms with van der Waals surface area (Å²) in [6.07, 6.45) is -0.0826. The highest BCUT2D eigenvalue weighted by Gasteiger charge is 2.36. The van der Waals surface area contributed by atoms with E-state index in [1.807, 2.05) is 0 Å². The molecule has 6 nitrogen and oxygen atoms in total. The summed E-state index contributed by atoms with van der Waals surface area (Å²) in [5.74, 6) is -0.412. The number of carbonyl (C=O) groups is 1. The van der Waals surface area contributed by atoms with E-state index in [0.29, 0.717) is 42.9 Å². The smallest absolute Gasteiger partial charge is 0.338 e. The number of piperidine rings is 1. The Labute approximate surface area is 159 Å². The molecule has 0 spiro atoms. The number of halogens is 3. The second kappa shape index (κ2) is 6.88. The number of carbonyl (C=O) groups excluding carboxylic acids is 1.